The molecule has 0 spiro atoms. The van der Waals surface area contributed by atoms with Crippen molar-refractivity contribution < 1.29 is 8.42 Å². The summed E-state index contributed by atoms with van der Waals surface area (Å²) in [6.07, 6.45) is 2.28. The summed E-state index contributed by atoms with van der Waals surface area (Å²) in [6, 6.07) is 0. The van der Waals surface area contributed by atoms with Crippen LogP contribution in [0.5, 0.6) is 0 Å². The standard InChI is InChI=1S/C8H15N3O2S/c1-4-5-9-14(12,13)8-6-11(3)7(2)10-8/h6,9H,4-5H2,1-3H3. The van der Waals surface area contributed by atoms with Crippen LogP contribution in [0.15, 0.2) is 11.2 Å². The summed E-state index contributed by atoms with van der Waals surface area (Å²) < 4.78 is 27.3. The second-order valence-corrected chi connectivity index (χ2v) is 4.85. The number of hydrogen-bond acceptors (Lipinski definition) is 3. The topological polar surface area (TPSA) is 64.0 Å². The molecule has 1 N–H and O–H groups in total. The van der Waals surface area contributed by atoms with Gasteiger partial charge in [-0.1, -0.05) is 6.92 Å². The molecule has 14 heavy (non-hydrogen) atoms. The van der Waals surface area contributed by atoms with Crippen molar-refractivity contribution in [3.05, 3.63) is 12.0 Å². The molecule has 0 unspecified atom stereocenters. The maximum Gasteiger partial charge on any atom is 0.259 e. The van der Waals surface area contributed by atoms with Gasteiger partial charge in [0.2, 0.25) is 0 Å². The van der Waals surface area contributed by atoms with Crippen LogP contribution in [0.4, 0.5) is 0 Å². The molecule has 0 radical (unpaired) electrons. The maximum atomic E-state index is 11.6. The van der Waals surface area contributed by atoms with Crippen LogP contribution in [0.1, 0.15) is 19.2 Å². The van der Waals surface area contributed by atoms with Crippen molar-refractivity contribution in [3.63, 3.8) is 0 Å². The Bertz CT molecular complexity index is 389. The van der Waals surface area contributed by atoms with Crippen molar-refractivity contribution >= 4 is 10.0 Å². The second kappa shape index (κ2) is 4.10. The first-order valence-corrected chi connectivity index (χ1v) is 5.95. The van der Waals surface area contributed by atoms with Crippen molar-refractivity contribution in [2.45, 2.75) is 25.3 Å². The molecular weight excluding hydrogens is 202 g/mol. The van der Waals surface area contributed by atoms with Gasteiger partial charge < -0.3 is 4.57 Å². The molecule has 80 valence electrons. The number of aryl methyl sites for hydroxylation is 2. The van der Waals surface area contributed by atoms with E-state index in [4.69, 9.17) is 0 Å². The van der Waals surface area contributed by atoms with Crippen LogP contribution in [-0.4, -0.2) is 24.5 Å². The van der Waals surface area contributed by atoms with Gasteiger partial charge in [0.25, 0.3) is 10.0 Å². The predicted octanol–water partition coefficient (Wildman–Crippen LogP) is 0.417. The van der Waals surface area contributed by atoms with E-state index in [9.17, 15) is 8.42 Å². The molecule has 0 aromatic carbocycles. The lowest BCUT2D eigenvalue weighted by molar-refractivity contribution is 0.577. The summed E-state index contributed by atoms with van der Waals surface area (Å²) in [7, 11) is -1.64. The van der Waals surface area contributed by atoms with Gasteiger partial charge >= 0.3 is 0 Å². The molecule has 0 saturated carbocycles. The molecule has 0 bridgehead atoms. The number of sulfonamides is 1. The highest BCUT2D eigenvalue weighted by Crippen LogP contribution is 2.06. The van der Waals surface area contributed by atoms with Crippen molar-refractivity contribution in [1.29, 1.82) is 0 Å². The fraction of sp³-hybridized carbons (Fsp3) is 0.625. The summed E-state index contributed by atoms with van der Waals surface area (Å²) in [6.45, 7) is 4.11. The SMILES string of the molecule is CCCNS(=O)(=O)c1cn(C)c(C)n1. The van der Waals surface area contributed by atoms with Gasteiger partial charge in [0.15, 0.2) is 5.03 Å². The van der Waals surface area contributed by atoms with Crippen LogP contribution >= 0.6 is 0 Å². The van der Waals surface area contributed by atoms with E-state index in [-0.39, 0.29) is 5.03 Å². The van der Waals surface area contributed by atoms with Crippen molar-refractivity contribution in [3.8, 4) is 0 Å². The number of nitrogens with one attached hydrogen (secondary N) is 1. The van der Waals surface area contributed by atoms with E-state index < -0.39 is 10.0 Å². The first kappa shape index (κ1) is 11.2. The summed E-state index contributed by atoms with van der Waals surface area (Å²) in [4.78, 5) is 3.95. The number of nitrogens with zero attached hydrogens (tertiary/aromatic N) is 2. The molecule has 0 amide bonds. The van der Waals surface area contributed by atoms with Gasteiger partial charge in [0, 0.05) is 19.8 Å². The third kappa shape index (κ3) is 2.33. The zero-order valence-electron chi connectivity index (χ0n) is 8.61. The molecule has 0 atom stereocenters. The van der Waals surface area contributed by atoms with E-state index in [1.165, 1.54) is 6.20 Å². The fourth-order valence-corrected chi connectivity index (χ4v) is 2.14. The molecule has 1 heterocycles. The van der Waals surface area contributed by atoms with Gasteiger partial charge in [0.05, 0.1) is 0 Å². The highest BCUT2D eigenvalue weighted by atomic mass is 32.2. The quantitative estimate of drug-likeness (QED) is 0.794. The average Bonchev–Trinajstić information content (AvgIpc) is 2.45. The Labute approximate surface area is 84.2 Å². The molecule has 1 rings (SSSR count). The molecule has 5 nitrogen and oxygen atoms in total. The minimum absolute atomic E-state index is 0.0888. The van der Waals surface area contributed by atoms with Gasteiger partial charge in [0.1, 0.15) is 5.82 Å². The van der Waals surface area contributed by atoms with Crippen LogP contribution in [0.3, 0.4) is 0 Å². The number of imidazole rings is 1. The molecule has 0 aliphatic rings. The van der Waals surface area contributed by atoms with Gasteiger partial charge in [-0.25, -0.2) is 18.1 Å². The normalized spacial score (nSPS) is 11.9. The van der Waals surface area contributed by atoms with E-state index in [1.54, 1.807) is 18.5 Å². The highest BCUT2D eigenvalue weighted by molar-refractivity contribution is 7.89. The summed E-state index contributed by atoms with van der Waals surface area (Å²) in [5.41, 5.74) is 0. The Balaban J connectivity index is 2.93. The number of hydrogen-bond donors (Lipinski definition) is 1. The Kier molecular flexibility index (Phi) is 3.28. The molecule has 0 aliphatic heterocycles. The van der Waals surface area contributed by atoms with Crippen LogP contribution in [0.25, 0.3) is 0 Å². The average molecular weight is 217 g/mol. The third-order valence-corrected chi connectivity index (χ3v) is 3.24. The van der Waals surface area contributed by atoms with Gasteiger partial charge in [-0.2, -0.15) is 0 Å². The fourth-order valence-electron chi connectivity index (χ4n) is 0.966. The first-order chi connectivity index (χ1) is 6.47. The zero-order valence-corrected chi connectivity index (χ0v) is 9.43. The van der Waals surface area contributed by atoms with Crippen molar-refractivity contribution in [2.24, 2.45) is 7.05 Å². The molecule has 0 saturated heterocycles. The lowest BCUT2D eigenvalue weighted by Gasteiger charge is -2.00. The summed E-state index contributed by atoms with van der Waals surface area (Å²) >= 11 is 0. The second-order valence-electron chi connectivity index (χ2n) is 3.14. The van der Waals surface area contributed by atoms with Crippen LogP contribution < -0.4 is 4.72 Å². The molecule has 0 aliphatic carbocycles. The largest absolute Gasteiger partial charge is 0.337 e. The van der Waals surface area contributed by atoms with Gasteiger partial charge in [-0.15, -0.1) is 0 Å². The lowest BCUT2D eigenvalue weighted by atomic mass is 10.5. The Morgan fingerprint density at radius 2 is 2.21 bits per heavy atom. The minimum Gasteiger partial charge on any atom is -0.337 e. The van der Waals surface area contributed by atoms with Gasteiger partial charge in [-0.3, -0.25) is 0 Å². The number of rotatable bonds is 4. The zero-order chi connectivity index (χ0) is 10.8. The number of aromatic nitrogens is 2. The third-order valence-electron chi connectivity index (χ3n) is 1.90. The molecule has 1 aromatic heterocycles. The smallest absolute Gasteiger partial charge is 0.259 e. The molecule has 1 aromatic rings. The highest BCUT2D eigenvalue weighted by Gasteiger charge is 2.16. The minimum atomic E-state index is -3.41. The molecular formula is C8H15N3O2S. The Morgan fingerprint density at radius 1 is 1.57 bits per heavy atom. The lowest BCUT2D eigenvalue weighted by Crippen LogP contribution is -2.24. The van der Waals surface area contributed by atoms with E-state index >= 15 is 0 Å². The molecule has 6 heteroatoms. The Morgan fingerprint density at radius 3 is 2.64 bits per heavy atom. The van der Waals surface area contributed by atoms with E-state index in [1.807, 2.05) is 6.92 Å². The van der Waals surface area contributed by atoms with Gasteiger partial charge in [-0.05, 0) is 13.3 Å². The first-order valence-electron chi connectivity index (χ1n) is 4.47. The van der Waals surface area contributed by atoms with Crippen LogP contribution in [0, 0.1) is 6.92 Å². The van der Waals surface area contributed by atoms with E-state index in [2.05, 4.69) is 9.71 Å². The molecule has 0 fully saturated rings. The summed E-state index contributed by atoms with van der Waals surface area (Å²) in [5.74, 6) is 0.682. The monoisotopic (exact) mass is 217 g/mol. The van der Waals surface area contributed by atoms with Crippen LogP contribution in [-0.2, 0) is 17.1 Å². The predicted molar refractivity (Wildman–Crippen MR) is 53.4 cm³/mol. The maximum absolute atomic E-state index is 11.6. The van der Waals surface area contributed by atoms with Crippen molar-refractivity contribution in [2.75, 3.05) is 6.54 Å². The van der Waals surface area contributed by atoms with E-state index in [0.717, 1.165) is 6.42 Å². The van der Waals surface area contributed by atoms with Crippen LogP contribution in [0.2, 0.25) is 0 Å². The summed E-state index contributed by atoms with van der Waals surface area (Å²) in [5, 5.41) is 0.0888. The van der Waals surface area contributed by atoms with E-state index in [0.29, 0.717) is 12.4 Å². The van der Waals surface area contributed by atoms with Crippen molar-refractivity contribution in [1.82, 2.24) is 14.3 Å². The Hall–Kier alpha value is -0.880.